The number of rotatable bonds is 6. The van der Waals surface area contributed by atoms with Crippen LogP contribution >= 0.6 is 11.8 Å². The van der Waals surface area contributed by atoms with Crippen LogP contribution in [0.25, 0.3) is 11.5 Å². The van der Waals surface area contributed by atoms with Crippen molar-refractivity contribution < 1.29 is 9.21 Å². The van der Waals surface area contributed by atoms with Crippen molar-refractivity contribution in [3.8, 4) is 11.5 Å². The maximum absolute atomic E-state index is 12.9. The van der Waals surface area contributed by atoms with E-state index in [1.807, 2.05) is 87.2 Å². The van der Waals surface area contributed by atoms with Crippen LogP contribution in [0.15, 0.2) is 64.2 Å². The van der Waals surface area contributed by atoms with Gasteiger partial charge >= 0.3 is 0 Å². The first-order chi connectivity index (χ1) is 13.3. The Labute approximate surface area is 170 Å². The van der Waals surface area contributed by atoms with E-state index in [1.165, 1.54) is 17.3 Å². The Balaban J connectivity index is 1.65. The van der Waals surface area contributed by atoms with Crippen molar-refractivity contribution in [2.75, 3.05) is 5.75 Å². The van der Waals surface area contributed by atoms with Crippen LogP contribution in [0.1, 0.15) is 31.9 Å². The van der Waals surface area contributed by atoms with E-state index in [1.54, 1.807) is 0 Å². The summed E-state index contributed by atoms with van der Waals surface area (Å²) in [5, 5.41) is 8.56. The smallest absolute Gasteiger partial charge is 0.277 e. The Bertz CT molecular complexity index is 915. The van der Waals surface area contributed by atoms with E-state index in [-0.39, 0.29) is 17.2 Å². The van der Waals surface area contributed by atoms with Crippen LogP contribution in [0.3, 0.4) is 0 Å². The van der Waals surface area contributed by atoms with Gasteiger partial charge < -0.3 is 9.32 Å². The summed E-state index contributed by atoms with van der Waals surface area (Å²) >= 11 is 1.27. The largest absolute Gasteiger partial charge is 0.411 e. The van der Waals surface area contributed by atoms with Crippen LogP contribution < -0.4 is 0 Å². The van der Waals surface area contributed by atoms with E-state index in [9.17, 15) is 4.79 Å². The second-order valence-corrected chi connectivity index (χ2v) is 8.59. The zero-order valence-electron chi connectivity index (χ0n) is 16.7. The van der Waals surface area contributed by atoms with Gasteiger partial charge in [0, 0.05) is 17.6 Å². The number of nitrogens with zero attached hydrogens (tertiary/aromatic N) is 3. The summed E-state index contributed by atoms with van der Waals surface area (Å²) in [7, 11) is 0. The molecule has 0 N–H and O–H groups in total. The van der Waals surface area contributed by atoms with Crippen LogP contribution in [-0.2, 0) is 11.3 Å². The lowest BCUT2D eigenvalue weighted by molar-refractivity contribution is -0.133. The van der Waals surface area contributed by atoms with Crippen LogP contribution in [0.2, 0.25) is 0 Å². The van der Waals surface area contributed by atoms with E-state index < -0.39 is 0 Å². The van der Waals surface area contributed by atoms with Gasteiger partial charge in [-0.3, -0.25) is 4.79 Å². The van der Waals surface area contributed by atoms with Gasteiger partial charge in [-0.25, -0.2) is 0 Å². The highest BCUT2D eigenvalue weighted by Crippen LogP contribution is 2.25. The zero-order chi connectivity index (χ0) is 20.1. The van der Waals surface area contributed by atoms with Gasteiger partial charge in [-0.1, -0.05) is 59.8 Å². The fourth-order valence-corrected chi connectivity index (χ4v) is 3.39. The van der Waals surface area contributed by atoms with Crippen molar-refractivity contribution in [1.82, 2.24) is 15.1 Å². The molecule has 0 aliphatic carbocycles. The Morgan fingerprint density at radius 1 is 1.04 bits per heavy atom. The molecule has 0 aliphatic rings. The monoisotopic (exact) mass is 395 g/mol. The average Bonchev–Trinajstić information content (AvgIpc) is 3.14. The molecule has 1 aromatic heterocycles. The van der Waals surface area contributed by atoms with E-state index in [2.05, 4.69) is 10.2 Å². The highest BCUT2D eigenvalue weighted by atomic mass is 32.2. The minimum absolute atomic E-state index is 0.0384. The lowest BCUT2D eigenvalue weighted by atomic mass is 10.0. The number of aryl methyl sites for hydroxylation is 1. The first-order valence-corrected chi connectivity index (χ1v) is 10.2. The molecule has 3 rings (SSSR count). The molecule has 2 aromatic carbocycles. The number of carbonyl (C=O) groups excluding carboxylic acids is 1. The summed E-state index contributed by atoms with van der Waals surface area (Å²) in [5.41, 5.74) is 2.87. The number of amides is 1. The Morgan fingerprint density at radius 3 is 2.36 bits per heavy atom. The molecule has 0 atom stereocenters. The van der Waals surface area contributed by atoms with Gasteiger partial charge in [-0.2, -0.15) is 0 Å². The summed E-state index contributed by atoms with van der Waals surface area (Å²) < 4.78 is 5.71. The van der Waals surface area contributed by atoms with Gasteiger partial charge in [0.05, 0.1) is 5.75 Å². The first-order valence-electron chi connectivity index (χ1n) is 9.20. The number of hydrogen-bond acceptors (Lipinski definition) is 5. The minimum atomic E-state index is -0.282. The molecule has 3 aromatic rings. The van der Waals surface area contributed by atoms with Crippen molar-refractivity contribution in [1.29, 1.82) is 0 Å². The molecule has 0 bridgehead atoms. The van der Waals surface area contributed by atoms with Gasteiger partial charge in [0.2, 0.25) is 11.8 Å². The van der Waals surface area contributed by atoms with E-state index in [0.717, 1.165) is 11.1 Å². The number of thioether (sulfide) groups is 1. The zero-order valence-corrected chi connectivity index (χ0v) is 17.5. The Hall–Kier alpha value is -2.60. The Morgan fingerprint density at radius 2 is 1.71 bits per heavy atom. The fraction of sp³-hybridized carbons (Fsp3) is 0.318. The van der Waals surface area contributed by atoms with Crippen LogP contribution in [0.4, 0.5) is 0 Å². The van der Waals surface area contributed by atoms with Crippen molar-refractivity contribution in [3.05, 3.63) is 65.7 Å². The average molecular weight is 396 g/mol. The van der Waals surface area contributed by atoms with Crippen molar-refractivity contribution in [3.63, 3.8) is 0 Å². The van der Waals surface area contributed by atoms with Crippen LogP contribution in [-0.4, -0.2) is 32.3 Å². The quantitative estimate of drug-likeness (QED) is 0.552. The molecule has 1 amide bonds. The van der Waals surface area contributed by atoms with Crippen molar-refractivity contribution in [2.24, 2.45) is 0 Å². The predicted molar refractivity (Wildman–Crippen MR) is 112 cm³/mol. The summed E-state index contributed by atoms with van der Waals surface area (Å²) in [6.07, 6.45) is 0. The topological polar surface area (TPSA) is 59.2 Å². The van der Waals surface area contributed by atoms with E-state index in [4.69, 9.17) is 4.42 Å². The third kappa shape index (κ3) is 5.23. The molecular weight excluding hydrogens is 370 g/mol. The summed E-state index contributed by atoms with van der Waals surface area (Å²) in [6.45, 7) is 8.73. The molecule has 0 fully saturated rings. The van der Waals surface area contributed by atoms with Gasteiger partial charge in [-0.15, -0.1) is 10.2 Å². The van der Waals surface area contributed by atoms with Gasteiger partial charge in [0.15, 0.2) is 0 Å². The van der Waals surface area contributed by atoms with Gasteiger partial charge in [0.25, 0.3) is 5.22 Å². The van der Waals surface area contributed by atoms with Gasteiger partial charge in [0.1, 0.15) is 0 Å². The fourth-order valence-electron chi connectivity index (χ4n) is 2.75. The van der Waals surface area contributed by atoms with E-state index in [0.29, 0.717) is 17.7 Å². The second-order valence-electron chi connectivity index (χ2n) is 7.66. The van der Waals surface area contributed by atoms with Crippen molar-refractivity contribution in [2.45, 2.75) is 45.0 Å². The molecule has 0 radical (unpaired) electrons. The Kier molecular flexibility index (Phi) is 6.19. The number of aromatic nitrogens is 2. The number of carbonyl (C=O) groups is 1. The minimum Gasteiger partial charge on any atom is -0.411 e. The second kappa shape index (κ2) is 8.61. The lowest BCUT2D eigenvalue weighted by Gasteiger charge is -2.35. The first kappa shape index (κ1) is 20.1. The molecule has 1 heterocycles. The standard InChI is InChI=1S/C22H25N3O2S/c1-16-10-12-18(13-11-16)20-23-24-21(27-20)28-15-19(26)25(22(2,3)4)14-17-8-6-5-7-9-17/h5-13H,14-15H2,1-4H3. The normalized spacial score (nSPS) is 11.4. The highest BCUT2D eigenvalue weighted by molar-refractivity contribution is 7.99. The molecule has 0 saturated heterocycles. The maximum atomic E-state index is 12.9. The summed E-state index contributed by atoms with van der Waals surface area (Å²) in [4.78, 5) is 14.8. The molecule has 28 heavy (non-hydrogen) atoms. The van der Waals surface area contributed by atoms with E-state index >= 15 is 0 Å². The van der Waals surface area contributed by atoms with Gasteiger partial charge in [-0.05, 0) is 45.4 Å². The molecule has 0 aliphatic heterocycles. The molecule has 0 spiro atoms. The summed E-state index contributed by atoms with van der Waals surface area (Å²) in [6, 6.07) is 17.9. The van der Waals surface area contributed by atoms with Crippen LogP contribution in [0, 0.1) is 6.92 Å². The van der Waals surface area contributed by atoms with Crippen LogP contribution in [0.5, 0.6) is 0 Å². The maximum Gasteiger partial charge on any atom is 0.277 e. The SMILES string of the molecule is Cc1ccc(-c2nnc(SCC(=O)N(Cc3ccccc3)C(C)(C)C)o2)cc1. The molecule has 146 valence electrons. The van der Waals surface area contributed by atoms with Crippen molar-refractivity contribution >= 4 is 17.7 Å². The molecule has 6 heteroatoms. The molecule has 5 nitrogen and oxygen atoms in total. The highest BCUT2D eigenvalue weighted by Gasteiger charge is 2.27. The molecular formula is C22H25N3O2S. The molecule has 0 unspecified atom stereocenters. The third-order valence-corrected chi connectivity index (χ3v) is 5.12. The lowest BCUT2D eigenvalue weighted by Crippen LogP contribution is -2.45. The molecule has 0 saturated carbocycles. The number of hydrogen-bond donors (Lipinski definition) is 0. The third-order valence-electron chi connectivity index (χ3n) is 4.32. The predicted octanol–water partition coefficient (Wildman–Crippen LogP) is 4.96. The summed E-state index contributed by atoms with van der Waals surface area (Å²) in [5.74, 6) is 0.753. The number of benzene rings is 2.